The van der Waals surface area contributed by atoms with Crippen molar-refractivity contribution in [1.82, 2.24) is 19.9 Å². The first-order chi connectivity index (χ1) is 15.3. The molecule has 0 unspecified atom stereocenters. The molecule has 1 amide bonds. The van der Waals surface area contributed by atoms with Crippen molar-refractivity contribution in [1.29, 1.82) is 0 Å². The topological polar surface area (TPSA) is 85.8 Å². The van der Waals surface area contributed by atoms with E-state index in [1.165, 1.54) is 24.3 Å². The lowest BCUT2D eigenvalue weighted by atomic mass is 10.0. The highest BCUT2D eigenvalue weighted by atomic mass is 19.1. The molecule has 2 heterocycles. The summed E-state index contributed by atoms with van der Waals surface area (Å²) >= 11 is 0. The summed E-state index contributed by atoms with van der Waals surface area (Å²) in [6.45, 7) is 1.98. The van der Waals surface area contributed by atoms with Crippen LogP contribution in [-0.4, -0.2) is 20.4 Å². The molecule has 0 aliphatic rings. The van der Waals surface area contributed by atoms with Crippen LogP contribution in [0, 0.1) is 18.6 Å². The molecule has 0 aliphatic heterocycles. The van der Waals surface area contributed by atoms with Crippen LogP contribution in [0.3, 0.4) is 0 Å². The Morgan fingerprint density at radius 3 is 2.56 bits per heavy atom. The van der Waals surface area contributed by atoms with Crippen molar-refractivity contribution in [2.24, 2.45) is 7.05 Å². The average Bonchev–Trinajstić information content (AvgIpc) is 3.11. The van der Waals surface area contributed by atoms with E-state index in [0.29, 0.717) is 16.7 Å². The fourth-order valence-corrected chi connectivity index (χ4v) is 3.41. The maximum Gasteiger partial charge on any atom is 0.254 e. The largest absolute Gasteiger partial charge is 0.383 e. The number of nitrogens with two attached hydrogens (primary N) is 1. The molecular formula is C24H21F2N5O. The van der Waals surface area contributed by atoms with Crippen LogP contribution >= 0.6 is 0 Å². The highest BCUT2D eigenvalue weighted by Gasteiger charge is 2.15. The van der Waals surface area contributed by atoms with E-state index in [-0.39, 0.29) is 17.9 Å². The smallest absolute Gasteiger partial charge is 0.254 e. The number of nitrogens with zero attached hydrogens (tertiary/aromatic N) is 3. The molecule has 2 aromatic heterocycles. The number of aromatic nitrogens is 3. The maximum atomic E-state index is 14.8. The average molecular weight is 433 g/mol. The molecule has 2 aromatic carbocycles. The molecule has 6 nitrogen and oxygen atoms in total. The van der Waals surface area contributed by atoms with Crippen LogP contribution in [-0.2, 0) is 13.6 Å². The Morgan fingerprint density at radius 2 is 1.88 bits per heavy atom. The van der Waals surface area contributed by atoms with Crippen molar-refractivity contribution in [2.45, 2.75) is 13.5 Å². The van der Waals surface area contributed by atoms with Gasteiger partial charge in [-0.25, -0.2) is 18.7 Å². The predicted octanol–water partition coefficient (Wildman–Crippen LogP) is 4.25. The standard InChI is InChI=1S/C24H21F2N5O/c1-14-28-13-22(31(14)2)17-9-20(23(27)29-12-17)16-6-7-19(21(26)10-16)24(32)30-11-15-4-3-5-18(25)8-15/h3-10,12-13H,11H2,1-2H3,(H2,27,29)(H,30,32). The molecular weight excluding hydrogens is 412 g/mol. The Morgan fingerprint density at radius 1 is 1.06 bits per heavy atom. The number of halogens is 2. The van der Waals surface area contributed by atoms with E-state index in [0.717, 1.165) is 17.1 Å². The number of anilines is 1. The summed E-state index contributed by atoms with van der Waals surface area (Å²) in [5.74, 6) is -0.598. The highest BCUT2D eigenvalue weighted by Crippen LogP contribution is 2.30. The summed E-state index contributed by atoms with van der Waals surface area (Å²) in [6.07, 6.45) is 3.37. The van der Waals surface area contributed by atoms with Gasteiger partial charge in [0.2, 0.25) is 0 Å². The number of aryl methyl sites for hydroxylation is 1. The molecule has 0 atom stereocenters. The van der Waals surface area contributed by atoms with Crippen molar-refractivity contribution in [3.63, 3.8) is 0 Å². The third kappa shape index (κ3) is 4.20. The molecule has 3 N–H and O–H groups in total. The van der Waals surface area contributed by atoms with E-state index in [1.807, 2.05) is 24.6 Å². The molecule has 8 heteroatoms. The van der Waals surface area contributed by atoms with E-state index in [4.69, 9.17) is 5.73 Å². The van der Waals surface area contributed by atoms with Gasteiger partial charge in [-0.1, -0.05) is 18.2 Å². The second kappa shape index (κ2) is 8.58. The summed E-state index contributed by atoms with van der Waals surface area (Å²) < 4.78 is 30.0. The first kappa shape index (κ1) is 21.2. The Kier molecular flexibility index (Phi) is 5.68. The Hall–Kier alpha value is -4.07. The van der Waals surface area contributed by atoms with Crippen LogP contribution in [0.1, 0.15) is 21.7 Å². The number of imidazole rings is 1. The van der Waals surface area contributed by atoms with E-state index in [2.05, 4.69) is 15.3 Å². The van der Waals surface area contributed by atoms with E-state index in [1.54, 1.807) is 30.6 Å². The number of nitrogens with one attached hydrogen (secondary N) is 1. The normalized spacial score (nSPS) is 10.9. The molecule has 0 saturated carbocycles. The van der Waals surface area contributed by atoms with Gasteiger partial charge in [-0.2, -0.15) is 0 Å². The van der Waals surface area contributed by atoms with E-state index in [9.17, 15) is 13.6 Å². The van der Waals surface area contributed by atoms with Crippen LogP contribution in [0.25, 0.3) is 22.4 Å². The molecule has 32 heavy (non-hydrogen) atoms. The number of amides is 1. The number of hydrogen-bond acceptors (Lipinski definition) is 4. The van der Waals surface area contributed by atoms with Crippen molar-refractivity contribution in [2.75, 3.05) is 5.73 Å². The number of benzene rings is 2. The van der Waals surface area contributed by atoms with Gasteiger partial charge in [-0.3, -0.25) is 4.79 Å². The summed E-state index contributed by atoms with van der Waals surface area (Å²) in [5, 5.41) is 2.60. The zero-order chi connectivity index (χ0) is 22.8. The van der Waals surface area contributed by atoms with E-state index < -0.39 is 17.5 Å². The van der Waals surface area contributed by atoms with Gasteiger partial charge in [-0.05, 0) is 48.4 Å². The molecule has 162 valence electrons. The molecule has 4 aromatic rings. The summed E-state index contributed by atoms with van der Waals surface area (Å²) in [7, 11) is 1.89. The molecule has 0 bridgehead atoms. The lowest BCUT2D eigenvalue weighted by molar-refractivity contribution is 0.0947. The first-order valence-corrected chi connectivity index (χ1v) is 9.90. The molecule has 0 spiro atoms. The monoisotopic (exact) mass is 433 g/mol. The third-order valence-corrected chi connectivity index (χ3v) is 5.30. The zero-order valence-electron chi connectivity index (χ0n) is 17.6. The minimum atomic E-state index is -0.694. The van der Waals surface area contributed by atoms with Crippen LogP contribution in [0.2, 0.25) is 0 Å². The van der Waals surface area contributed by atoms with Gasteiger partial charge in [0.1, 0.15) is 23.3 Å². The Bertz CT molecular complexity index is 1320. The second-order valence-electron chi connectivity index (χ2n) is 7.41. The number of rotatable bonds is 5. The van der Waals surface area contributed by atoms with Gasteiger partial charge in [0.05, 0.1) is 17.5 Å². The van der Waals surface area contributed by atoms with Gasteiger partial charge in [0.25, 0.3) is 5.91 Å². The van der Waals surface area contributed by atoms with Crippen LogP contribution < -0.4 is 11.1 Å². The lowest BCUT2D eigenvalue weighted by Gasteiger charge is -2.11. The maximum absolute atomic E-state index is 14.8. The van der Waals surface area contributed by atoms with Gasteiger partial charge in [0, 0.05) is 30.9 Å². The second-order valence-corrected chi connectivity index (χ2v) is 7.41. The number of pyridine rings is 1. The summed E-state index contributed by atoms with van der Waals surface area (Å²) in [6, 6.07) is 11.9. The van der Waals surface area contributed by atoms with Crippen LogP contribution in [0.4, 0.5) is 14.6 Å². The van der Waals surface area contributed by atoms with Crippen LogP contribution in [0.5, 0.6) is 0 Å². The molecule has 0 fully saturated rings. The molecule has 0 aliphatic carbocycles. The minimum Gasteiger partial charge on any atom is -0.383 e. The number of carbonyl (C=O) groups excluding carboxylic acids is 1. The zero-order valence-corrected chi connectivity index (χ0v) is 17.6. The number of carbonyl (C=O) groups is 1. The number of hydrogen-bond donors (Lipinski definition) is 2. The van der Waals surface area contributed by atoms with Crippen molar-refractivity contribution < 1.29 is 13.6 Å². The number of nitrogen functional groups attached to an aromatic ring is 1. The molecule has 4 rings (SSSR count). The molecule has 0 saturated heterocycles. The van der Waals surface area contributed by atoms with Crippen molar-refractivity contribution in [3.8, 4) is 22.4 Å². The van der Waals surface area contributed by atoms with E-state index >= 15 is 0 Å². The Labute approximate surface area is 183 Å². The van der Waals surface area contributed by atoms with Gasteiger partial charge < -0.3 is 15.6 Å². The highest BCUT2D eigenvalue weighted by molar-refractivity contribution is 5.95. The lowest BCUT2D eigenvalue weighted by Crippen LogP contribution is -2.23. The van der Waals surface area contributed by atoms with Crippen LogP contribution in [0.15, 0.2) is 60.9 Å². The fourth-order valence-electron chi connectivity index (χ4n) is 3.41. The molecule has 0 radical (unpaired) electrons. The van der Waals surface area contributed by atoms with Crippen molar-refractivity contribution >= 4 is 11.7 Å². The SMILES string of the molecule is Cc1ncc(-c2cnc(N)c(-c3ccc(C(=O)NCc4cccc(F)c4)c(F)c3)c2)n1C. The van der Waals surface area contributed by atoms with Gasteiger partial charge in [-0.15, -0.1) is 0 Å². The minimum absolute atomic E-state index is 0.0841. The summed E-state index contributed by atoms with van der Waals surface area (Å²) in [5.41, 5.74) is 9.20. The quantitative estimate of drug-likeness (QED) is 0.493. The van der Waals surface area contributed by atoms with Gasteiger partial charge in [0.15, 0.2) is 0 Å². The summed E-state index contributed by atoms with van der Waals surface area (Å²) in [4.78, 5) is 21.0. The van der Waals surface area contributed by atoms with Gasteiger partial charge >= 0.3 is 0 Å². The first-order valence-electron chi connectivity index (χ1n) is 9.90. The van der Waals surface area contributed by atoms with Crippen molar-refractivity contribution in [3.05, 3.63) is 89.5 Å². The third-order valence-electron chi connectivity index (χ3n) is 5.30. The fraction of sp³-hybridized carbons (Fsp3) is 0.125. The predicted molar refractivity (Wildman–Crippen MR) is 119 cm³/mol. The Balaban J connectivity index is 1.58.